The first-order chi connectivity index (χ1) is 15.2. The van der Waals surface area contributed by atoms with E-state index in [1.165, 1.54) is 72.3 Å². The number of fused-ring (bicyclic) bond motifs is 3. The van der Waals surface area contributed by atoms with E-state index in [1.54, 1.807) is 0 Å². The van der Waals surface area contributed by atoms with E-state index < -0.39 is 0 Å². The van der Waals surface area contributed by atoms with E-state index in [0.29, 0.717) is 0 Å². The highest BCUT2D eigenvalue weighted by Gasteiger charge is 2.20. The first-order valence-electron chi connectivity index (χ1n) is 11.8. The van der Waals surface area contributed by atoms with Gasteiger partial charge >= 0.3 is 0 Å². The minimum Gasteiger partial charge on any atom is -0.399 e. The van der Waals surface area contributed by atoms with Crippen molar-refractivity contribution in [3.63, 3.8) is 0 Å². The minimum absolute atomic E-state index is 0. The van der Waals surface area contributed by atoms with E-state index in [1.807, 2.05) is 12.1 Å². The van der Waals surface area contributed by atoms with E-state index in [9.17, 15) is 0 Å². The van der Waals surface area contributed by atoms with Crippen molar-refractivity contribution in [1.82, 2.24) is 4.57 Å². The normalized spacial score (nSPS) is 11.8. The molecule has 0 radical (unpaired) electrons. The van der Waals surface area contributed by atoms with Crippen LogP contribution in [0.1, 0.15) is 69.9 Å². The number of nitrogens with two attached hydrogens (primary N) is 2. The van der Waals surface area contributed by atoms with Gasteiger partial charge in [-0.15, -0.1) is 24.8 Å². The quantitative estimate of drug-likeness (QED) is 0.174. The molecule has 4 N–H and O–H groups in total. The molecule has 0 aliphatic rings. The van der Waals surface area contributed by atoms with E-state index >= 15 is 0 Å². The smallest absolute Gasteiger partial charge is 0.0592 e. The third kappa shape index (κ3) is 6.16. The van der Waals surface area contributed by atoms with Gasteiger partial charge in [0.2, 0.25) is 0 Å². The molecule has 33 heavy (non-hydrogen) atoms. The Balaban J connectivity index is 0.00000193. The number of rotatable bonds is 10. The SMILES string of the molecule is CCCCCCCCCC(c1ccccc1)n1c2cc(N)ccc2c2ccc(N)cc21.Cl.Cl. The van der Waals surface area contributed by atoms with Crippen molar-refractivity contribution >= 4 is 58.0 Å². The van der Waals surface area contributed by atoms with Gasteiger partial charge in [0.15, 0.2) is 0 Å². The molecule has 1 aromatic heterocycles. The fourth-order valence-electron chi connectivity index (χ4n) is 4.83. The summed E-state index contributed by atoms with van der Waals surface area (Å²) < 4.78 is 2.48. The van der Waals surface area contributed by atoms with Crippen LogP contribution in [0.15, 0.2) is 66.7 Å². The molecular weight excluding hydrogens is 449 g/mol. The molecule has 3 nitrogen and oxygen atoms in total. The third-order valence-corrected chi connectivity index (χ3v) is 6.43. The fourth-order valence-corrected chi connectivity index (χ4v) is 4.83. The van der Waals surface area contributed by atoms with Crippen molar-refractivity contribution in [2.75, 3.05) is 11.5 Å². The average molecular weight is 487 g/mol. The molecule has 1 atom stereocenters. The van der Waals surface area contributed by atoms with Crippen molar-refractivity contribution in [3.05, 3.63) is 72.3 Å². The number of halogens is 2. The fraction of sp³-hybridized carbons (Fsp3) is 0.357. The lowest BCUT2D eigenvalue weighted by molar-refractivity contribution is 0.507. The van der Waals surface area contributed by atoms with Crippen molar-refractivity contribution in [1.29, 1.82) is 0 Å². The number of nitrogen functional groups attached to an aromatic ring is 2. The van der Waals surface area contributed by atoms with Crippen molar-refractivity contribution in [2.24, 2.45) is 0 Å². The van der Waals surface area contributed by atoms with Crippen LogP contribution in [-0.2, 0) is 0 Å². The van der Waals surface area contributed by atoms with Crippen LogP contribution >= 0.6 is 24.8 Å². The maximum Gasteiger partial charge on any atom is 0.0592 e. The van der Waals surface area contributed by atoms with Gasteiger partial charge in [-0.2, -0.15) is 0 Å². The molecule has 4 rings (SSSR count). The third-order valence-electron chi connectivity index (χ3n) is 6.43. The Hall–Kier alpha value is -2.36. The van der Waals surface area contributed by atoms with Crippen LogP contribution in [0.2, 0.25) is 0 Å². The van der Waals surface area contributed by atoms with Gasteiger partial charge in [0, 0.05) is 22.1 Å². The lowest BCUT2D eigenvalue weighted by Crippen LogP contribution is -2.11. The van der Waals surface area contributed by atoms with Crippen LogP contribution in [0.5, 0.6) is 0 Å². The zero-order valence-corrected chi connectivity index (χ0v) is 21.1. The summed E-state index contributed by atoms with van der Waals surface area (Å²) in [6.45, 7) is 2.27. The minimum atomic E-state index is 0. The second-order valence-corrected chi connectivity index (χ2v) is 8.76. The molecule has 0 bridgehead atoms. The predicted octanol–water partition coefficient (Wildman–Crippen LogP) is 8.53. The molecule has 4 aromatic rings. The highest BCUT2D eigenvalue weighted by atomic mass is 35.5. The van der Waals surface area contributed by atoms with Crippen LogP contribution in [0, 0.1) is 0 Å². The lowest BCUT2D eigenvalue weighted by atomic mass is 9.98. The number of nitrogens with zero attached hydrogens (tertiary/aromatic N) is 1. The Morgan fingerprint density at radius 3 is 1.73 bits per heavy atom. The summed E-state index contributed by atoms with van der Waals surface area (Å²) in [5, 5.41) is 2.48. The molecule has 0 fully saturated rings. The summed E-state index contributed by atoms with van der Waals surface area (Å²) in [6, 6.07) is 23.7. The lowest BCUT2D eigenvalue weighted by Gasteiger charge is -2.22. The van der Waals surface area contributed by atoms with Gasteiger partial charge in [-0.1, -0.05) is 94.3 Å². The molecule has 1 unspecified atom stereocenters. The van der Waals surface area contributed by atoms with Crippen molar-refractivity contribution < 1.29 is 0 Å². The first kappa shape index (κ1) is 26.9. The Morgan fingerprint density at radius 2 is 1.18 bits per heavy atom. The van der Waals surface area contributed by atoms with Crippen LogP contribution in [0.4, 0.5) is 11.4 Å². The van der Waals surface area contributed by atoms with Crippen LogP contribution < -0.4 is 11.5 Å². The molecular formula is C28H37Cl2N3. The van der Waals surface area contributed by atoms with E-state index in [2.05, 4.69) is 66.1 Å². The van der Waals surface area contributed by atoms with E-state index in [-0.39, 0.29) is 30.9 Å². The van der Waals surface area contributed by atoms with E-state index in [0.717, 1.165) is 17.8 Å². The summed E-state index contributed by atoms with van der Waals surface area (Å²) in [6.07, 6.45) is 10.3. The first-order valence-corrected chi connectivity index (χ1v) is 11.8. The highest BCUT2D eigenvalue weighted by Crippen LogP contribution is 2.38. The molecule has 0 aliphatic carbocycles. The molecule has 1 heterocycles. The van der Waals surface area contributed by atoms with Gasteiger partial charge in [-0.05, 0) is 36.2 Å². The summed E-state index contributed by atoms with van der Waals surface area (Å²) in [5.74, 6) is 0. The average Bonchev–Trinajstić information content (AvgIpc) is 3.08. The zero-order valence-electron chi connectivity index (χ0n) is 19.5. The summed E-state index contributed by atoms with van der Waals surface area (Å²) in [5.41, 5.74) is 17.8. The van der Waals surface area contributed by atoms with E-state index in [4.69, 9.17) is 11.5 Å². The molecule has 0 spiro atoms. The summed E-state index contributed by atoms with van der Waals surface area (Å²) >= 11 is 0. The van der Waals surface area contributed by atoms with Crippen molar-refractivity contribution in [2.45, 2.75) is 64.3 Å². The largest absolute Gasteiger partial charge is 0.399 e. The zero-order chi connectivity index (χ0) is 21.6. The summed E-state index contributed by atoms with van der Waals surface area (Å²) in [7, 11) is 0. The molecule has 178 valence electrons. The Labute approximate surface area is 210 Å². The Kier molecular flexibility index (Phi) is 10.4. The van der Waals surface area contributed by atoms with Gasteiger partial charge < -0.3 is 16.0 Å². The van der Waals surface area contributed by atoms with Crippen LogP contribution in [0.25, 0.3) is 21.8 Å². The molecule has 0 amide bonds. The molecule has 0 aliphatic heterocycles. The second kappa shape index (κ2) is 12.8. The molecule has 0 saturated heterocycles. The van der Waals surface area contributed by atoms with Gasteiger partial charge in [0.05, 0.1) is 17.1 Å². The van der Waals surface area contributed by atoms with Gasteiger partial charge in [0.25, 0.3) is 0 Å². The highest BCUT2D eigenvalue weighted by molar-refractivity contribution is 6.09. The predicted molar refractivity (Wildman–Crippen MR) is 150 cm³/mol. The second-order valence-electron chi connectivity index (χ2n) is 8.76. The number of hydrogen-bond acceptors (Lipinski definition) is 2. The van der Waals surface area contributed by atoms with Crippen molar-refractivity contribution in [3.8, 4) is 0 Å². The number of unbranched alkanes of at least 4 members (excludes halogenated alkanes) is 6. The monoisotopic (exact) mass is 485 g/mol. The number of aromatic nitrogens is 1. The summed E-state index contributed by atoms with van der Waals surface area (Å²) in [4.78, 5) is 0. The topological polar surface area (TPSA) is 57.0 Å². The molecule has 0 saturated carbocycles. The molecule has 3 aromatic carbocycles. The van der Waals surface area contributed by atoms with Gasteiger partial charge in [-0.25, -0.2) is 0 Å². The number of anilines is 2. The standard InChI is InChI=1S/C28H35N3.2ClH/c1-2-3-4-5-6-7-11-14-26(21-12-9-8-10-13-21)31-27-19-22(29)15-17-24(27)25-18-16-23(30)20-28(25)31;;/h8-10,12-13,15-20,26H,2-7,11,14,29-30H2,1H3;2*1H. The maximum atomic E-state index is 6.22. The Bertz CT molecular complexity index is 1080. The Morgan fingerprint density at radius 1 is 0.667 bits per heavy atom. The number of benzene rings is 3. The number of hydrogen-bond donors (Lipinski definition) is 2. The molecule has 5 heteroatoms. The van der Waals surface area contributed by atoms with Crippen LogP contribution in [0.3, 0.4) is 0 Å². The maximum absolute atomic E-state index is 6.22. The van der Waals surface area contributed by atoms with Crippen LogP contribution in [-0.4, -0.2) is 4.57 Å². The van der Waals surface area contributed by atoms with Gasteiger partial charge in [0.1, 0.15) is 0 Å². The van der Waals surface area contributed by atoms with Gasteiger partial charge in [-0.3, -0.25) is 0 Å².